The molecule has 0 radical (unpaired) electrons. The maximum absolute atomic E-state index is 12.7. The molecular formula is C20H24ClN3O3. The summed E-state index contributed by atoms with van der Waals surface area (Å²) in [6, 6.07) is 7.42. The van der Waals surface area contributed by atoms with Crippen LogP contribution < -0.4 is 10.2 Å². The zero-order chi connectivity index (χ0) is 18.8. The molecule has 2 saturated heterocycles. The number of aryl methyl sites for hydroxylation is 1. The van der Waals surface area contributed by atoms with Crippen molar-refractivity contribution in [2.45, 2.75) is 32.2 Å². The molecule has 27 heavy (non-hydrogen) atoms. The third-order valence-electron chi connectivity index (χ3n) is 5.31. The van der Waals surface area contributed by atoms with Gasteiger partial charge in [-0.3, -0.25) is 4.79 Å². The van der Waals surface area contributed by atoms with Gasteiger partial charge in [0.2, 0.25) is 0 Å². The minimum absolute atomic E-state index is 0.0556. The SMILES string of the molecule is Cc1cc(CC2COCC2NC(=O)c2ccc(N3CCCC3)c(Cl)c2)on1. The number of hydrogen-bond donors (Lipinski definition) is 1. The van der Waals surface area contributed by atoms with Crippen LogP contribution in [0, 0.1) is 12.8 Å². The molecule has 2 aliphatic heterocycles. The van der Waals surface area contributed by atoms with Crippen molar-refractivity contribution in [2.75, 3.05) is 31.2 Å². The molecule has 1 N–H and O–H groups in total. The predicted molar refractivity (Wildman–Crippen MR) is 103 cm³/mol. The van der Waals surface area contributed by atoms with Crippen LogP contribution in [0.25, 0.3) is 0 Å². The highest BCUT2D eigenvalue weighted by atomic mass is 35.5. The topological polar surface area (TPSA) is 67.6 Å². The Bertz CT molecular complexity index is 817. The third-order valence-corrected chi connectivity index (χ3v) is 5.61. The van der Waals surface area contributed by atoms with Crippen molar-refractivity contribution in [3.63, 3.8) is 0 Å². The third kappa shape index (κ3) is 4.12. The van der Waals surface area contributed by atoms with Crippen molar-refractivity contribution in [3.8, 4) is 0 Å². The fourth-order valence-electron chi connectivity index (χ4n) is 3.84. The number of ether oxygens (including phenoxy) is 1. The van der Waals surface area contributed by atoms with E-state index in [1.165, 1.54) is 12.8 Å². The van der Waals surface area contributed by atoms with E-state index in [-0.39, 0.29) is 17.9 Å². The van der Waals surface area contributed by atoms with Gasteiger partial charge in [0.1, 0.15) is 5.76 Å². The van der Waals surface area contributed by atoms with Crippen molar-refractivity contribution >= 4 is 23.2 Å². The van der Waals surface area contributed by atoms with E-state index >= 15 is 0 Å². The summed E-state index contributed by atoms with van der Waals surface area (Å²) in [5.74, 6) is 0.861. The molecule has 2 atom stereocenters. The molecule has 1 aromatic heterocycles. The van der Waals surface area contributed by atoms with Crippen molar-refractivity contribution in [1.82, 2.24) is 10.5 Å². The molecule has 0 spiro atoms. The van der Waals surface area contributed by atoms with Gasteiger partial charge >= 0.3 is 0 Å². The summed E-state index contributed by atoms with van der Waals surface area (Å²) < 4.78 is 10.9. The molecular weight excluding hydrogens is 366 g/mol. The number of benzene rings is 1. The van der Waals surface area contributed by atoms with Gasteiger partial charge in [0.15, 0.2) is 0 Å². The molecule has 0 aliphatic carbocycles. The summed E-state index contributed by atoms with van der Waals surface area (Å²) >= 11 is 6.44. The predicted octanol–water partition coefficient (Wildman–Crippen LogP) is 3.22. The Labute approximate surface area is 163 Å². The van der Waals surface area contributed by atoms with Crippen molar-refractivity contribution in [2.24, 2.45) is 5.92 Å². The van der Waals surface area contributed by atoms with Crippen LogP contribution in [0.4, 0.5) is 5.69 Å². The highest BCUT2D eigenvalue weighted by Crippen LogP contribution is 2.30. The van der Waals surface area contributed by atoms with Crippen molar-refractivity contribution in [3.05, 3.63) is 46.3 Å². The average molecular weight is 390 g/mol. The van der Waals surface area contributed by atoms with Crippen LogP contribution in [0.2, 0.25) is 5.02 Å². The largest absolute Gasteiger partial charge is 0.379 e. The zero-order valence-corrected chi connectivity index (χ0v) is 16.2. The monoisotopic (exact) mass is 389 g/mol. The molecule has 2 fully saturated rings. The highest BCUT2D eigenvalue weighted by molar-refractivity contribution is 6.33. The Morgan fingerprint density at radius 2 is 2.11 bits per heavy atom. The van der Waals surface area contributed by atoms with Gasteiger partial charge in [-0.05, 0) is 38.0 Å². The average Bonchev–Trinajstić information content (AvgIpc) is 3.39. The molecule has 7 heteroatoms. The first kappa shape index (κ1) is 18.3. The number of amides is 1. The van der Waals surface area contributed by atoms with Gasteiger partial charge in [-0.2, -0.15) is 0 Å². The van der Waals surface area contributed by atoms with Crippen LogP contribution in [0.15, 0.2) is 28.8 Å². The normalized spacial score (nSPS) is 22.4. The van der Waals surface area contributed by atoms with Crippen molar-refractivity contribution in [1.29, 1.82) is 0 Å². The lowest BCUT2D eigenvalue weighted by Crippen LogP contribution is -2.40. The lowest BCUT2D eigenvalue weighted by Gasteiger charge is -2.21. The molecule has 4 rings (SSSR count). The van der Waals surface area contributed by atoms with Gasteiger partial charge in [-0.15, -0.1) is 0 Å². The quantitative estimate of drug-likeness (QED) is 0.850. The first-order chi connectivity index (χ1) is 13.1. The number of hydrogen-bond acceptors (Lipinski definition) is 5. The van der Waals surface area contributed by atoms with Gasteiger partial charge in [0.25, 0.3) is 5.91 Å². The summed E-state index contributed by atoms with van der Waals surface area (Å²) in [5, 5.41) is 7.64. The van der Waals surface area contributed by atoms with E-state index in [1.54, 1.807) is 6.07 Å². The lowest BCUT2D eigenvalue weighted by atomic mass is 9.98. The summed E-state index contributed by atoms with van der Waals surface area (Å²) in [6.07, 6.45) is 3.07. The van der Waals surface area contributed by atoms with Crippen LogP contribution in [-0.2, 0) is 11.2 Å². The number of rotatable bonds is 5. The van der Waals surface area contributed by atoms with E-state index in [9.17, 15) is 4.79 Å². The van der Waals surface area contributed by atoms with E-state index in [0.717, 1.165) is 30.2 Å². The molecule has 2 aliphatic rings. The van der Waals surface area contributed by atoms with Crippen LogP contribution >= 0.6 is 11.6 Å². The second-order valence-corrected chi connectivity index (χ2v) is 7.78. The molecule has 2 unspecified atom stereocenters. The first-order valence-electron chi connectivity index (χ1n) is 9.45. The molecule has 1 aromatic carbocycles. The molecule has 2 aromatic rings. The molecule has 0 bridgehead atoms. The first-order valence-corrected chi connectivity index (χ1v) is 9.83. The summed E-state index contributed by atoms with van der Waals surface area (Å²) in [4.78, 5) is 15.0. The molecule has 6 nitrogen and oxygen atoms in total. The van der Waals surface area contributed by atoms with Crippen LogP contribution in [0.3, 0.4) is 0 Å². The maximum Gasteiger partial charge on any atom is 0.251 e. The lowest BCUT2D eigenvalue weighted by molar-refractivity contribution is 0.0924. The number of nitrogens with one attached hydrogen (secondary N) is 1. The van der Waals surface area contributed by atoms with Gasteiger partial charge in [0.05, 0.1) is 35.7 Å². The number of aromatic nitrogens is 1. The highest BCUT2D eigenvalue weighted by Gasteiger charge is 2.31. The second-order valence-electron chi connectivity index (χ2n) is 7.38. The number of anilines is 1. The van der Waals surface area contributed by atoms with Crippen LogP contribution in [-0.4, -0.2) is 43.4 Å². The fraction of sp³-hybridized carbons (Fsp3) is 0.500. The number of carbonyl (C=O) groups excluding carboxylic acids is 1. The summed E-state index contributed by atoms with van der Waals surface area (Å²) in [6.45, 7) is 5.04. The Morgan fingerprint density at radius 1 is 1.30 bits per heavy atom. The Kier molecular flexibility index (Phi) is 5.36. The van der Waals surface area contributed by atoms with Crippen LogP contribution in [0.5, 0.6) is 0 Å². The van der Waals surface area contributed by atoms with Gasteiger partial charge < -0.3 is 19.5 Å². The molecule has 0 saturated carbocycles. The van der Waals surface area contributed by atoms with E-state index < -0.39 is 0 Å². The molecule has 1 amide bonds. The van der Waals surface area contributed by atoms with Gasteiger partial charge in [0, 0.05) is 37.1 Å². The minimum Gasteiger partial charge on any atom is -0.379 e. The van der Waals surface area contributed by atoms with E-state index in [2.05, 4.69) is 15.4 Å². The minimum atomic E-state index is -0.126. The number of carbonyl (C=O) groups is 1. The number of halogens is 1. The number of nitrogens with zero attached hydrogens (tertiary/aromatic N) is 2. The summed E-state index contributed by atoms with van der Waals surface area (Å²) in [5.41, 5.74) is 2.44. The van der Waals surface area contributed by atoms with Crippen LogP contribution in [0.1, 0.15) is 34.7 Å². The standard InChI is InChI=1S/C20H24ClN3O3/c1-13-8-16(27-23-13)9-15-11-26-12-18(15)22-20(25)14-4-5-19(17(21)10-14)24-6-2-3-7-24/h4-5,8,10,15,18H,2-3,6-7,9,11-12H2,1H3,(H,22,25). The Balaban J connectivity index is 1.41. The smallest absolute Gasteiger partial charge is 0.251 e. The van der Waals surface area contributed by atoms with Crippen molar-refractivity contribution < 1.29 is 14.1 Å². The fourth-order valence-corrected chi connectivity index (χ4v) is 4.14. The molecule has 3 heterocycles. The maximum atomic E-state index is 12.7. The summed E-state index contributed by atoms with van der Waals surface area (Å²) in [7, 11) is 0. The Hall–Kier alpha value is -2.05. The Morgan fingerprint density at radius 3 is 2.81 bits per heavy atom. The van der Waals surface area contributed by atoms with Gasteiger partial charge in [-0.1, -0.05) is 16.8 Å². The molecule has 144 valence electrons. The van der Waals surface area contributed by atoms with E-state index in [0.29, 0.717) is 30.2 Å². The van der Waals surface area contributed by atoms with Gasteiger partial charge in [-0.25, -0.2) is 0 Å². The second kappa shape index (κ2) is 7.90. The zero-order valence-electron chi connectivity index (χ0n) is 15.4. The van der Waals surface area contributed by atoms with E-state index in [4.69, 9.17) is 20.9 Å². The van der Waals surface area contributed by atoms with E-state index in [1.807, 2.05) is 25.1 Å².